The quantitative estimate of drug-likeness (QED) is 0.889. The van der Waals surface area contributed by atoms with Crippen LogP contribution in [0.3, 0.4) is 0 Å². The van der Waals surface area contributed by atoms with E-state index in [1.54, 1.807) is 12.1 Å². The fourth-order valence-electron chi connectivity index (χ4n) is 2.80. The molecule has 0 spiro atoms. The van der Waals surface area contributed by atoms with E-state index in [0.717, 1.165) is 0 Å². The third kappa shape index (κ3) is 3.52. The molecule has 1 amide bonds. The lowest BCUT2D eigenvalue weighted by Gasteiger charge is -2.24. The molecule has 1 saturated heterocycles. The Hall–Kier alpha value is -2.78. The van der Waals surface area contributed by atoms with Gasteiger partial charge in [-0.2, -0.15) is 18.3 Å². The fourth-order valence-corrected chi connectivity index (χ4v) is 2.80. The number of carbonyl (C=O) groups is 1. The summed E-state index contributed by atoms with van der Waals surface area (Å²) in [5.74, 6) is -1.66. The second-order valence-electron chi connectivity index (χ2n) is 5.76. The van der Waals surface area contributed by atoms with Crippen molar-refractivity contribution >= 4 is 11.7 Å². The van der Waals surface area contributed by atoms with E-state index in [0.29, 0.717) is 25.1 Å². The molecule has 0 radical (unpaired) electrons. The van der Waals surface area contributed by atoms with E-state index in [1.165, 1.54) is 17.9 Å². The molecule has 1 aliphatic heterocycles. The van der Waals surface area contributed by atoms with Crippen molar-refractivity contribution in [1.82, 2.24) is 25.1 Å². The standard InChI is InChI=1S/C15H15F3N6O/c1-8-7-10(21-14(20-8)15(16,17)18)13(25)24-6-2-3-11(24)9-4-5-12(19)23-22-9/h4-5,7,11H,2-3,6H2,1H3,(H2,19,23). The Balaban J connectivity index is 1.92. The van der Waals surface area contributed by atoms with Crippen LogP contribution in [-0.2, 0) is 6.18 Å². The normalized spacial score (nSPS) is 17.8. The SMILES string of the molecule is Cc1cc(C(=O)N2CCCC2c2ccc(N)nn2)nc(C(F)(F)F)n1. The summed E-state index contributed by atoms with van der Waals surface area (Å²) in [5, 5.41) is 7.75. The summed E-state index contributed by atoms with van der Waals surface area (Å²) < 4.78 is 38.7. The molecule has 2 N–H and O–H groups in total. The zero-order valence-electron chi connectivity index (χ0n) is 13.3. The van der Waals surface area contributed by atoms with Gasteiger partial charge in [-0.1, -0.05) is 0 Å². The maximum Gasteiger partial charge on any atom is 0.451 e. The molecular formula is C15H15F3N6O. The minimum Gasteiger partial charge on any atom is -0.382 e. The Morgan fingerprint density at radius 2 is 2.04 bits per heavy atom. The third-order valence-corrected chi connectivity index (χ3v) is 3.89. The molecule has 0 aliphatic carbocycles. The van der Waals surface area contributed by atoms with E-state index in [4.69, 9.17) is 5.73 Å². The predicted octanol–water partition coefficient (Wildman–Crippen LogP) is 2.15. The zero-order valence-corrected chi connectivity index (χ0v) is 13.3. The molecule has 2 aromatic rings. The number of likely N-dealkylation sites (tertiary alicyclic amines) is 1. The fraction of sp³-hybridized carbons (Fsp3) is 0.400. The van der Waals surface area contributed by atoms with Crippen molar-refractivity contribution in [3.05, 3.63) is 41.1 Å². The van der Waals surface area contributed by atoms with Crippen LogP contribution in [0.5, 0.6) is 0 Å². The average molecular weight is 352 g/mol. The van der Waals surface area contributed by atoms with E-state index in [1.807, 2.05) is 0 Å². The van der Waals surface area contributed by atoms with E-state index >= 15 is 0 Å². The highest BCUT2D eigenvalue weighted by Gasteiger charge is 2.37. The monoisotopic (exact) mass is 352 g/mol. The summed E-state index contributed by atoms with van der Waals surface area (Å²) >= 11 is 0. The number of nitrogens with zero attached hydrogens (tertiary/aromatic N) is 5. The molecule has 2 aromatic heterocycles. The molecule has 1 aliphatic rings. The topological polar surface area (TPSA) is 97.9 Å². The molecule has 0 aromatic carbocycles. The second kappa shape index (κ2) is 6.26. The van der Waals surface area contributed by atoms with Crippen molar-refractivity contribution in [2.45, 2.75) is 32.0 Å². The van der Waals surface area contributed by atoms with Crippen LogP contribution >= 0.6 is 0 Å². The van der Waals surface area contributed by atoms with Crippen molar-refractivity contribution in [1.29, 1.82) is 0 Å². The molecule has 7 nitrogen and oxygen atoms in total. The van der Waals surface area contributed by atoms with E-state index < -0.39 is 17.9 Å². The summed E-state index contributed by atoms with van der Waals surface area (Å²) in [4.78, 5) is 21.0. The number of hydrogen-bond donors (Lipinski definition) is 1. The van der Waals surface area contributed by atoms with Gasteiger partial charge in [0.2, 0.25) is 5.82 Å². The molecule has 1 atom stereocenters. The van der Waals surface area contributed by atoms with Crippen LogP contribution in [0.15, 0.2) is 18.2 Å². The number of nitrogen functional groups attached to an aromatic ring is 1. The minimum absolute atomic E-state index is 0.0775. The van der Waals surface area contributed by atoms with Gasteiger partial charge in [0.25, 0.3) is 5.91 Å². The second-order valence-corrected chi connectivity index (χ2v) is 5.76. The predicted molar refractivity (Wildman–Crippen MR) is 81.2 cm³/mol. The first-order chi connectivity index (χ1) is 11.8. The highest BCUT2D eigenvalue weighted by Crippen LogP contribution is 2.32. The van der Waals surface area contributed by atoms with Gasteiger partial charge in [-0.3, -0.25) is 4.79 Å². The number of rotatable bonds is 2. The number of carbonyl (C=O) groups excluding carboxylic acids is 1. The lowest BCUT2D eigenvalue weighted by molar-refractivity contribution is -0.145. The largest absolute Gasteiger partial charge is 0.451 e. The van der Waals surface area contributed by atoms with Crippen molar-refractivity contribution in [3.8, 4) is 0 Å². The van der Waals surface area contributed by atoms with Crippen LogP contribution in [0.1, 0.15) is 46.6 Å². The summed E-state index contributed by atoms with van der Waals surface area (Å²) in [6, 6.07) is 4.11. The maximum absolute atomic E-state index is 12.9. The average Bonchev–Trinajstić information content (AvgIpc) is 3.03. The number of alkyl halides is 3. The van der Waals surface area contributed by atoms with Crippen LogP contribution < -0.4 is 5.73 Å². The van der Waals surface area contributed by atoms with Gasteiger partial charge < -0.3 is 10.6 Å². The van der Waals surface area contributed by atoms with E-state index in [2.05, 4.69) is 20.2 Å². The molecule has 132 valence electrons. The first-order valence-electron chi connectivity index (χ1n) is 7.58. The lowest BCUT2D eigenvalue weighted by atomic mass is 10.1. The van der Waals surface area contributed by atoms with Crippen LogP contribution in [0.25, 0.3) is 0 Å². The van der Waals surface area contributed by atoms with Gasteiger partial charge in [0, 0.05) is 12.2 Å². The van der Waals surface area contributed by atoms with Crippen molar-refractivity contribution in [3.63, 3.8) is 0 Å². The van der Waals surface area contributed by atoms with E-state index in [9.17, 15) is 18.0 Å². The van der Waals surface area contributed by atoms with Gasteiger partial charge in [-0.25, -0.2) is 9.97 Å². The molecule has 3 rings (SSSR count). The smallest absolute Gasteiger partial charge is 0.382 e. The molecule has 0 saturated carbocycles. The molecule has 10 heteroatoms. The molecular weight excluding hydrogens is 337 g/mol. The summed E-state index contributed by atoms with van der Waals surface area (Å²) in [6.45, 7) is 1.79. The first kappa shape index (κ1) is 17.1. The number of amides is 1. The number of anilines is 1. The molecule has 0 bridgehead atoms. The Bertz CT molecular complexity index is 793. The summed E-state index contributed by atoms with van der Waals surface area (Å²) in [7, 11) is 0. The van der Waals surface area contributed by atoms with Crippen LogP contribution in [0, 0.1) is 6.92 Å². The van der Waals surface area contributed by atoms with Crippen LogP contribution in [0.4, 0.5) is 19.0 Å². The molecule has 3 heterocycles. The van der Waals surface area contributed by atoms with Gasteiger partial charge in [0.05, 0.1) is 11.7 Å². The zero-order chi connectivity index (χ0) is 18.2. The molecule has 1 fully saturated rings. The Labute approximate surface area is 141 Å². The minimum atomic E-state index is -4.71. The van der Waals surface area contributed by atoms with Gasteiger partial charge >= 0.3 is 6.18 Å². The Morgan fingerprint density at radius 1 is 1.28 bits per heavy atom. The third-order valence-electron chi connectivity index (χ3n) is 3.89. The number of nitrogens with two attached hydrogens (primary N) is 1. The highest BCUT2D eigenvalue weighted by molar-refractivity contribution is 5.92. The van der Waals surface area contributed by atoms with Gasteiger partial charge in [0.1, 0.15) is 11.5 Å². The van der Waals surface area contributed by atoms with Gasteiger partial charge in [-0.05, 0) is 38.0 Å². The highest BCUT2D eigenvalue weighted by atomic mass is 19.4. The van der Waals surface area contributed by atoms with Crippen LogP contribution in [0.2, 0.25) is 0 Å². The lowest BCUT2D eigenvalue weighted by Crippen LogP contribution is -2.32. The molecule has 25 heavy (non-hydrogen) atoms. The summed E-state index contributed by atoms with van der Waals surface area (Å²) in [6.07, 6.45) is -3.37. The van der Waals surface area contributed by atoms with Crippen molar-refractivity contribution in [2.75, 3.05) is 12.3 Å². The first-order valence-corrected chi connectivity index (χ1v) is 7.58. The Morgan fingerprint density at radius 3 is 2.68 bits per heavy atom. The number of hydrogen-bond acceptors (Lipinski definition) is 6. The van der Waals surface area contributed by atoms with E-state index in [-0.39, 0.29) is 23.2 Å². The van der Waals surface area contributed by atoms with Gasteiger partial charge in [0.15, 0.2) is 0 Å². The number of halogens is 3. The van der Waals surface area contributed by atoms with Crippen LogP contribution in [-0.4, -0.2) is 37.5 Å². The summed E-state index contributed by atoms with van der Waals surface area (Å²) in [5.41, 5.74) is 5.85. The molecule has 1 unspecified atom stereocenters. The Kier molecular flexibility index (Phi) is 4.27. The number of aryl methyl sites for hydroxylation is 1. The van der Waals surface area contributed by atoms with Crippen molar-refractivity contribution in [2.24, 2.45) is 0 Å². The van der Waals surface area contributed by atoms with Crippen molar-refractivity contribution < 1.29 is 18.0 Å². The maximum atomic E-state index is 12.9. The number of aromatic nitrogens is 4. The van der Waals surface area contributed by atoms with Gasteiger partial charge in [-0.15, -0.1) is 5.10 Å².